The minimum Gasteiger partial charge on any atom is -0.478 e. The Hall–Kier alpha value is -2.41. The number of aromatic nitrogens is 1. The largest absolute Gasteiger partial charge is 0.478 e. The van der Waals surface area contributed by atoms with Crippen molar-refractivity contribution in [3.05, 3.63) is 59.9 Å². The molecular weight excluding hydrogens is 292 g/mol. The van der Waals surface area contributed by atoms with Gasteiger partial charge in [0, 0.05) is 13.2 Å². The first-order valence-corrected chi connectivity index (χ1v) is 7.70. The fourth-order valence-corrected chi connectivity index (χ4v) is 3.03. The molecule has 0 saturated heterocycles. The summed E-state index contributed by atoms with van der Waals surface area (Å²) in [5.41, 5.74) is 0.935. The first kappa shape index (κ1) is 15.0. The van der Waals surface area contributed by atoms with E-state index in [0.29, 0.717) is 11.3 Å². The number of sulfonamides is 1. The summed E-state index contributed by atoms with van der Waals surface area (Å²) in [7, 11) is -2.17. The fraction of sp³-hybridized carbons (Fsp3) is 0.143. The van der Waals surface area contributed by atoms with Crippen molar-refractivity contribution in [2.75, 3.05) is 11.4 Å². The zero-order chi connectivity index (χ0) is 15.5. The van der Waals surface area contributed by atoms with Gasteiger partial charge >= 0.3 is 5.97 Å². The molecule has 110 valence electrons. The lowest BCUT2D eigenvalue weighted by Crippen LogP contribution is -2.28. The van der Waals surface area contributed by atoms with Crippen molar-refractivity contribution in [3.63, 3.8) is 0 Å². The van der Waals surface area contributed by atoms with E-state index in [-0.39, 0.29) is 11.3 Å². The van der Waals surface area contributed by atoms with Gasteiger partial charge in [-0.3, -0.25) is 9.29 Å². The van der Waals surface area contributed by atoms with Crippen LogP contribution < -0.4 is 4.31 Å². The van der Waals surface area contributed by atoms with Crippen LogP contribution in [0.4, 0.5) is 5.69 Å². The molecule has 0 radical (unpaired) electrons. The molecule has 0 amide bonds. The summed E-state index contributed by atoms with van der Waals surface area (Å²) in [5.74, 6) is -1.37. The Balaban J connectivity index is 2.25. The van der Waals surface area contributed by atoms with Crippen molar-refractivity contribution in [3.8, 4) is 0 Å². The molecule has 0 aliphatic carbocycles. The van der Waals surface area contributed by atoms with E-state index in [9.17, 15) is 13.2 Å². The van der Waals surface area contributed by atoms with Crippen molar-refractivity contribution in [1.29, 1.82) is 0 Å². The van der Waals surface area contributed by atoms with Crippen molar-refractivity contribution >= 4 is 21.7 Å². The third kappa shape index (κ3) is 3.57. The molecule has 0 atom stereocenters. The summed E-state index contributed by atoms with van der Waals surface area (Å²) in [5, 5.41) is 8.93. The maximum Gasteiger partial charge on any atom is 0.335 e. The Morgan fingerprint density at radius 3 is 2.67 bits per heavy atom. The first-order chi connectivity index (χ1) is 9.90. The summed E-state index contributed by atoms with van der Waals surface area (Å²) < 4.78 is 25.8. The number of carboxylic acid groups (broad SMARTS) is 1. The number of anilines is 1. The number of rotatable bonds is 5. The molecule has 1 heterocycles. The quantitative estimate of drug-likeness (QED) is 0.909. The number of hydrogen-bond donors (Lipinski definition) is 1. The summed E-state index contributed by atoms with van der Waals surface area (Å²) in [6, 6.07) is 9.17. The van der Waals surface area contributed by atoms with Gasteiger partial charge in [0.05, 0.1) is 23.2 Å². The number of carbonyl (C=O) groups is 1. The lowest BCUT2D eigenvalue weighted by Gasteiger charge is -2.19. The predicted molar refractivity (Wildman–Crippen MR) is 78.7 cm³/mol. The Bertz CT molecular complexity index is 745. The van der Waals surface area contributed by atoms with Crippen LogP contribution in [0.5, 0.6) is 0 Å². The van der Waals surface area contributed by atoms with Crippen LogP contribution in [-0.4, -0.2) is 31.5 Å². The molecule has 6 nitrogen and oxygen atoms in total. The van der Waals surface area contributed by atoms with Gasteiger partial charge in [0.2, 0.25) is 10.0 Å². The molecule has 21 heavy (non-hydrogen) atoms. The smallest absolute Gasteiger partial charge is 0.335 e. The van der Waals surface area contributed by atoms with Gasteiger partial charge in [-0.15, -0.1) is 0 Å². The standard InChI is InChI=1S/C14H14N2O4S/c1-16(13-6-3-7-15-9-13)21(19,20)10-11-4-2-5-12(8-11)14(17)18/h2-9H,10H2,1H3,(H,17,18). The number of hydrogen-bond acceptors (Lipinski definition) is 4. The van der Waals surface area contributed by atoms with E-state index in [1.54, 1.807) is 24.4 Å². The summed E-state index contributed by atoms with van der Waals surface area (Å²) >= 11 is 0. The molecule has 1 N–H and O–H groups in total. The Morgan fingerprint density at radius 2 is 2.05 bits per heavy atom. The minimum absolute atomic E-state index is 0.0618. The highest BCUT2D eigenvalue weighted by molar-refractivity contribution is 7.92. The van der Waals surface area contributed by atoms with Crippen molar-refractivity contribution < 1.29 is 18.3 Å². The van der Waals surface area contributed by atoms with Crippen molar-refractivity contribution in [2.45, 2.75) is 5.75 Å². The van der Waals surface area contributed by atoms with E-state index >= 15 is 0 Å². The van der Waals surface area contributed by atoms with E-state index in [1.807, 2.05) is 0 Å². The lowest BCUT2D eigenvalue weighted by atomic mass is 10.1. The van der Waals surface area contributed by atoms with E-state index in [0.717, 1.165) is 4.31 Å². The second kappa shape index (κ2) is 5.92. The molecule has 0 aliphatic rings. The zero-order valence-electron chi connectivity index (χ0n) is 11.3. The molecule has 0 saturated carbocycles. The van der Waals surface area contributed by atoms with Gasteiger partial charge in [0.15, 0.2) is 0 Å². The maximum atomic E-state index is 12.3. The molecule has 0 aliphatic heterocycles. The zero-order valence-corrected chi connectivity index (χ0v) is 12.1. The maximum absolute atomic E-state index is 12.3. The molecule has 0 fully saturated rings. The van der Waals surface area contributed by atoms with Crippen LogP contribution in [0.15, 0.2) is 48.8 Å². The van der Waals surface area contributed by atoms with Gasteiger partial charge in [-0.2, -0.15) is 0 Å². The van der Waals surface area contributed by atoms with E-state index < -0.39 is 16.0 Å². The van der Waals surface area contributed by atoms with Crippen LogP contribution in [0.1, 0.15) is 15.9 Å². The minimum atomic E-state index is -3.61. The fourth-order valence-electron chi connectivity index (χ4n) is 1.80. The molecule has 2 rings (SSSR count). The average molecular weight is 306 g/mol. The van der Waals surface area contributed by atoms with Crippen LogP contribution in [0.3, 0.4) is 0 Å². The number of benzene rings is 1. The van der Waals surface area contributed by atoms with Crippen LogP contribution in [0, 0.1) is 0 Å². The van der Waals surface area contributed by atoms with Gasteiger partial charge in [0.1, 0.15) is 0 Å². The second-order valence-electron chi connectivity index (χ2n) is 4.44. The second-order valence-corrected chi connectivity index (χ2v) is 6.44. The number of pyridine rings is 1. The Labute approximate surface area is 122 Å². The first-order valence-electron chi connectivity index (χ1n) is 6.09. The highest BCUT2D eigenvalue weighted by atomic mass is 32.2. The highest BCUT2D eigenvalue weighted by Crippen LogP contribution is 2.18. The highest BCUT2D eigenvalue weighted by Gasteiger charge is 2.19. The third-order valence-corrected chi connectivity index (χ3v) is 4.69. The van der Waals surface area contributed by atoms with Crippen molar-refractivity contribution in [2.24, 2.45) is 0 Å². The average Bonchev–Trinajstić information content (AvgIpc) is 2.47. The SMILES string of the molecule is CN(c1cccnc1)S(=O)(=O)Cc1cccc(C(=O)O)c1. The van der Waals surface area contributed by atoms with Crippen LogP contribution in [0.25, 0.3) is 0 Å². The predicted octanol–water partition coefficient (Wildman–Crippen LogP) is 1.75. The number of nitrogens with zero attached hydrogens (tertiary/aromatic N) is 2. The normalized spacial score (nSPS) is 11.1. The van der Waals surface area contributed by atoms with E-state index in [2.05, 4.69) is 4.98 Å². The molecular formula is C14H14N2O4S. The van der Waals surface area contributed by atoms with Gasteiger partial charge in [-0.1, -0.05) is 12.1 Å². The molecule has 1 aromatic carbocycles. The van der Waals surface area contributed by atoms with Crippen LogP contribution >= 0.6 is 0 Å². The van der Waals surface area contributed by atoms with E-state index in [1.165, 1.54) is 31.4 Å². The molecule has 0 unspecified atom stereocenters. The van der Waals surface area contributed by atoms with Crippen molar-refractivity contribution in [1.82, 2.24) is 4.98 Å². The molecule has 7 heteroatoms. The Morgan fingerprint density at radius 1 is 1.29 bits per heavy atom. The topological polar surface area (TPSA) is 87.6 Å². The summed E-state index contributed by atoms with van der Waals surface area (Å²) in [6.45, 7) is 0. The molecule has 1 aromatic heterocycles. The van der Waals surface area contributed by atoms with Gasteiger partial charge < -0.3 is 5.11 Å². The van der Waals surface area contributed by atoms with Crippen LogP contribution in [-0.2, 0) is 15.8 Å². The summed E-state index contributed by atoms with van der Waals surface area (Å²) in [6.07, 6.45) is 3.01. The van der Waals surface area contributed by atoms with Crippen LogP contribution in [0.2, 0.25) is 0 Å². The van der Waals surface area contributed by atoms with E-state index in [4.69, 9.17) is 5.11 Å². The third-order valence-electron chi connectivity index (χ3n) is 2.95. The lowest BCUT2D eigenvalue weighted by molar-refractivity contribution is 0.0696. The number of aromatic carboxylic acids is 1. The van der Waals surface area contributed by atoms with Gasteiger partial charge in [-0.05, 0) is 29.8 Å². The monoisotopic (exact) mass is 306 g/mol. The summed E-state index contributed by atoms with van der Waals surface area (Å²) in [4.78, 5) is 14.8. The molecule has 0 bridgehead atoms. The van der Waals surface area contributed by atoms with Gasteiger partial charge in [-0.25, -0.2) is 13.2 Å². The number of carboxylic acids is 1. The molecule has 2 aromatic rings. The Kier molecular flexibility index (Phi) is 4.23. The molecule has 0 spiro atoms. The van der Waals surface area contributed by atoms with Gasteiger partial charge in [0.25, 0.3) is 0 Å².